The minimum atomic E-state index is -0.468. The summed E-state index contributed by atoms with van der Waals surface area (Å²) in [6.07, 6.45) is 4.36. The van der Waals surface area contributed by atoms with Crippen LogP contribution in [-0.4, -0.2) is 24.9 Å². The van der Waals surface area contributed by atoms with Crippen molar-refractivity contribution in [1.29, 1.82) is 0 Å². The van der Waals surface area contributed by atoms with E-state index in [0.717, 1.165) is 37.9 Å². The Morgan fingerprint density at radius 2 is 2.18 bits per heavy atom. The largest absolute Gasteiger partial charge is 0.366 e. The molecule has 1 saturated carbocycles. The fourth-order valence-electron chi connectivity index (χ4n) is 3.91. The van der Waals surface area contributed by atoms with Crippen molar-refractivity contribution in [3.8, 4) is 0 Å². The van der Waals surface area contributed by atoms with E-state index in [2.05, 4.69) is 10.6 Å². The molecule has 118 valence electrons. The molecule has 0 bridgehead atoms. The molecule has 22 heavy (non-hydrogen) atoms. The molecule has 1 aliphatic heterocycles. The normalized spacial score (nSPS) is 27.2. The van der Waals surface area contributed by atoms with Gasteiger partial charge in [0.2, 0.25) is 11.8 Å². The Morgan fingerprint density at radius 1 is 1.36 bits per heavy atom. The molecule has 0 aromatic heterocycles. The van der Waals surface area contributed by atoms with Crippen LogP contribution in [0.2, 0.25) is 0 Å². The lowest BCUT2D eigenvalue weighted by molar-refractivity contribution is -0.128. The zero-order chi connectivity index (χ0) is 15.7. The highest BCUT2D eigenvalue weighted by atomic mass is 16.2. The number of aryl methyl sites for hydroxylation is 1. The molecule has 1 heterocycles. The lowest BCUT2D eigenvalue weighted by Crippen LogP contribution is -2.44. The smallest absolute Gasteiger partial charge is 0.249 e. The fraction of sp³-hybridized carbons (Fsp3) is 0.529. The van der Waals surface area contributed by atoms with Gasteiger partial charge in [-0.1, -0.05) is 18.9 Å². The molecule has 2 aliphatic rings. The summed E-state index contributed by atoms with van der Waals surface area (Å²) in [4.78, 5) is 24.3. The summed E-state index contributed by atoms with van der Waals surface area (Å²) in [6, 6.07) is 5.32. The number of nitrogens with one attached hydrogen (secondary N) is 2. The van der Waals surface area contributed by atoms with Crippen LogP contribution in [0, 0.1) is 18.3 Å². The molecule has 0 radical (unpaired) electrons. The van der Waals surface area contributed by atoms with Crippen LogP contribution < -0.4 is 16.4 Å². The van der Waals surface area contributed by atoms with Gasteiger partial charge in [-0.15, -0.1) is 0 Å². The Bertz CT molecular complexity index is 614. The molecule has 3 rings (SSSR count). The van der Waals surface area contributed by atoms with Crippen molar-refractivity contribution in [2.75, 3.05) is 18.4 Å². The first-order valence-corrected chi connectivity index (χ1v) is 7.95. The van der Waals surface area contributed by atoms with Gasteiger partial charge in [0.25, 0.3) is 0 Å². The highest BCUT2D eigenvalue weighted by Gasteiger charge is 2.49. The van der Waals surface area contributed by atoms with Crippen LogP contribution in [-0.2, 0) is 4.79 Å². The predicted molar refractivity (Wildman–Crippen MR) is 85.6 cm³/mol. The van der Waals surface area contributed by atoms with Gasteiger partial charge in [-0.05, 0) is 49.9 Å². The zero-order valence-corrected chi connectivity index (χ0v) is 12.9. The number of fused-ring (bicyclic) bond motifs is 1. The summed E-state index contributed by atoms with van der Waals surface area (Å²) in [5.41, 5.74) is 7.01. The number of hydrogen-bond acceptors (Lipinski definition) is 3. The van der Waals surface area contributed by atoms with Crippen molar-refractivity contribution >= 4 is 17.5 Å². The fourth-order valence-corrected chi connectivity index (χ4v) is 3.91. The molecule has 2 fully saturated rings. The van der Waals surface area contributed by atoms with Gasteiger partial charge in [-0.25, -0.2) is 0 Å². The number of benzene rings is 1. The van der Waals surface area contributed by atoms with Crippen LogP contribution in [0.15, 0.2) is 18.2 Å². The summed E-state index contributed by atoms with van der Waals surface area (Å²) in [5, 5.41) is 6.39. The van der Waals surface area contributed by atoms with E-state index < -0.39 is 5.91 Å². The van der Waals surface area contributed by atoms with Crippen LogP contribution in [0.5, 0.6) is 0 Å². The molecule has 1 aromatic carbocycles. The van der Waals surface area contributed by atoms with Gasteiger partial charge in [0.15, 0.2) is 0 Å². The Balaban J connectivity index is 1.82. The maximum Gasteiger partial charge on any atom is 0.249 e. The standard InChI is InChI=1S/C17H23N3O2/c1-11-5-6-13(8-14(11)15(18)21)20-16(22)17-7-3-2-4-12(17)9-19-10-17/h5-6,8,12,19H,2-4,7,9-10H2,1H3,(H2,18,21)(H,20,22)/t12-,17+/m0/s1. The summed E-state index contributed by atoms with van der Waals surface area (Å²) in [5.74, 6) is 0.0219. The maximum atomic E-state index is 12.9. The number of nitrogens with two attached hydrogens (primary N) is 1. The third kappa shape index (κ3) is 2.50. The molecule has 5 nitrogen and oxygen atoms in total. The van der Waals surface area contributed by atoms with E-state index in [-0.39, 0.29) is 11.3 Å². The minimum absolute atomic E-state index is 0.0708. The number of carbonyl (C=O) groups is 2. The van der Waals surface area contributed by atoms with Crippen LogP contribution in [0.4, 0.5) is 5.69 Å². The molecule has 0 unspecified atom stereocenters. The third-order valence-corrected chi connectivity index (χ3v) is 5.25. The maximum absolute atomic E-state index is 12.9. The van der Waals surface area contributed by atoms with Crippen LogP contribution in [0.25, 0.3) is 0 Å². The quantitative estimate of drug-likeness (QED) is 0.796. The van der Waals surface area contributed by atoms with Crippen LogP contribution in [0.3, 0.4) is 0 Å². The third-order valence-electron chi connectivity index (χ3n) is 5.25. The molecule has 1 saturated heterocycles. The lowest BCUT2D eigenvalue weighted by atomic mass is 9.67. The lowest BCUT2D eigenvalue weighted by Gasteiger charge is -2.37. The highest BCUT2D eigenvalue weighted by molar-refractivity contribution is 5.99. The number of anilines is 1. The van der Waals surface area contributed by atoms with Crippen molar-refractivity contribution < 1.29 is 9.59 Å². The van der Waals surface area contributed by atoms with Crippen molar-refractivity contribution in [2.45, 2.75) is 32.6 Å². The van der Waals surface area contributed by atoms with Gasteiger partial charge in [0.1, 0.15) is 0 Å². The summed E-state index contributed by atoms with van der Waals surface area (Å²) < 4.78 is 0. The highest BCUT2D eigenvalue weighted by Crippen LogP contribution is 2.44. The molecule has 2 amide bonds. The second-order valence-corrected chi connectivity index (χ2v) is 6.58. The van der Waals surface area contributed by atoms with E-state index in [1.165, 1.54) is 6.42 Å². The SMILES string of the molecule is Cc1ccc(NC(=O)[C@@]23CCCC[C@H]2CNC3)cc1C(N)=O. The minimum Gasteiger partial charge on any atom is -0.366 e. The molecule has 2 atom stereocenters. The Hall–Kier alpha value is -1.88. The van der Waals surface area contributed by atoms with Crippen LogP contribution >= 0.6 is 0 Å². The average Bonchev–Trinajstić information content (AvgIpc) is 2.94. The average molecular weight is 301 g/mol. The van der Waals surface area contributed by atoms with Crippen LogP contribution in [0.1, 0.15) is 41.6 Å². The van der Waals surface area contributed by atoms with E-state index in [0.29, 0.717) is 17.2 Å². The summed E-state index contributed by atoms with van der Waals surface area (Å²) >= 11 is 0. The van der Waals surface area contributed by atoms with Crippen molar-refractivity contribution in [2.24, 2.45) is 17.1 Å². The Morgan fingerprint density at radius 3 is 2.95 bits per heavy atom. The van der Waals surface area contributed by atoms with E-state index in [1.54, 1.807) is 6.07 Å². The molecule has 1 aliphatic carbocycles. The number of rotatable bonds is 3. The molecule has 1 aromatic rings. The van der Waals surface area contributed by atoms with E-state index in [9.17, 15) is 9.59 Å². The summed E-state index contributed by atoms with van der Waals surface area (Å²) in [6.45, 7) is 3.51. The second-order valence-electron chi connectivity index (χ2n) is 6.58. The van der Waals surface area contributed by atoms with Gasteiger partial charge in [-0.3, -0.25) is 9.59 Å². The Labute approximate surface area is 130 Å². The van der Waals surface area contributed by atoms with Crippen molar-refractivity contribution in [3.05, 3.63) is 29.3 Å². The molecular weight excluding hydrogens is 278 g/mol. The van der Waals surface area contributed by atoms with Gasteiger partial charge in [-0.2, -0.15) is 0 Å². The van der Waals surface area contributed by atoms with Crippen molar-refractivity contribution in [1.82, 2.24) is 5.32 Å². The first-order valence-electron chi connectivity index (χ1n) is 7.95. The number of primary amides is 1. The topological polar surface area (TPSA) is 84.2 Å². The second kappa shape index (κ2) is 5.72. The van der Waals surface area contributed by atoms with E-state index >= 15 is 0 Å². The van der Waals surface area contributed by atoms with E-state index in [4.69, 9.17) is 5.73 Å². The van der Waals surface area contributed by atoms with E-state index in [1.807, 2.05) is 19.1 Å². The Kier molecular flexibility index (Phi) is 3.91. The molecular formula is C17H23N3O2. The van der Waals surface area contributed by atoms with Crippen molar-refractivity contribution in [3.63, 3.8) is 0 Å². The first-order chi connectivity index (χ1) is 10.5. The summed E-state index contributed by atoms with van der Waals surface area (Å²) in [7, 11) is 0. The molecule has 4 N–H and O–H groups in total. The van der Waals surface area contributed by atoms with Gasteiger partial charge >= 0.3 is 0 Å². The predicted octanol–water partition coefficient (Wildman–Crippen LogP) is 1.81. The van der Waals surface area contributed by atoms with Gasteiger partial charge < -0.3 is 16.4 Å². The number of carbonyl (C=O) groups excluding carboxylic acids is 2. The number of hydrogen-bond donors (Lipinski definition) is 3. The monoisotopic (exact) mass is 301 g/mol. The van der Waals surface area contributed by atoms with Gasteiger partial charge in [0.05, 0.1) is 5.41 Å². The zero-order valence-electron chi connectivity index (χ0n) is 12.9. The molecule has 0 spiro atoms. The van der Waals surface area contributed by atoms with Gasteiger partial charge in [0, 0.05) is 17.8 Å². The molecule has 5 heteroatoms. The first kappa shape index (κ1) is 15.0. The number of amides is 2.